The minimum absolute atomic E-state index is 0.133. The molecule has 0 amide bonds. The lowest BCUT2D eigenvalue weighted by Crippen LogP contribution is -2.46. The molecule has 152 valence electrons. The number of piperidine rings is 1. The molecule has 1 aliphatic rings. The van der Waals surface area contributed by atoms with Crippen molar-refractivity contribution < 1.29 is 21.6 Å². The van der Waals surface area contributed by atoms with Crippen molar-refractivity contribution in [2.24, 2.45) is 5.92 Å². The fraction of sp³-hybridized carbons (Fsp3) is 0.500. The van der Waals surface area contributed by atoms with Crippen LogP contribution in [0.2, 0.25) is 0 Å². The summed E-state index contributed by atoms with van der Waals surface area (Å²) in [5.41, 5.74) is -0.176. The summed E-state index contributed by atoms with van der Waals surface area (Å²) < 4.78 is 63.2. The highest BCUT2D eigenvalue weighted by atomic mass is 32.2. The van der Waals surface area contributed by atoms with Crippen LogP contribution in [-0.2, 0) is 16.0 Å². The molecule has 2 aromatic rings. The van der Waals surface area contributed by atoms with Crippen molar-refractivity contribution in [1.82, 2.24) is 15.2 Å². The lowest BCUT2D eigenvalue weighted by Gasteiger charge is -2.40. The maximum Gasteiger partial charge on any atom is 0.433 e. The molecular formula is C18H21F3N4O2S. The molecule has 6 nitrogen and oxygen atoms in total. The number of aromatic nitrogens is 3. The van der Waals surface area contributed by atoms with Crippen molar-refractivity contribution in [2.75, 3.05) is 18.0 Å². The number of hydrogen-bond acceptors (Lipinski definition) is 6. The number of alkyl halides is 3. The Morgan fingerprint density at radius 3 is 2.21 bits per heavy atom. The Kier molecular flexibility index (Phi) is 5.35. The molecule has 0 saturated carbocycles. The van der Waals surface area contributed by atoms with E-state index in [9.17, 15) is 21.6 Å². The Bertz CT molecular complexity index is 908. The van der Waals surface area contributed by atoms with Crippen LogP contribution in [0.15, 0.2) is 41.7 Å². The van der Waals surface area contributed by atoms with Gasteiger partial charge in [-0.15, -0.1) is 0 Å². The molecule has 10 heteroatoms. The predicted molar refractivity (Wildman–Crippen MR) is 97.5 cm³/mol. The normalized spacial score (nSPS) is 17.0. The zero-order valence-electron chi connectivity index (χ0n) is 15.5. The van der Waals surface area contributed by atoms with Gasteiger partial charge in [-0.3, -0.25) is 4.98 Å². The summed E-state index contributed by atoms with van der Waals surface area (Å²) in [4.78, 5) is 5.23. The first-order chi connectivity index (χ1) is 13.0. The van der Waals surface area contributed by atoms with Gasteiger partial charge < -0.3 is 4.90 Å². The van der Waals surface area contributed by atoms with Crippen LogP contribution in [0.25, 0.3) is 0 Å². The van der Waals surface area contributed by atoms with Crippen LogP contribution in [0, 0.1) is 5.92 Å². The van der Waals surface area contributed by atoms with Crippen LogP contribution in [0.1, 0.15) is 32.4 Å². The molecule has 1 aliphatic heterocycles. The number of nitrogens with zero attached hydrogens (tertiary/aromatic N) is 4. The fourth-order valence-electron chi connectivity index (χ4n) is 3.53. The van der Waals surface area contributed by atoms with Crippen LogP contribution in [-0.4, -0.2) is 41.4 Å². The summed E-state index contributed by atoms with van der Waals surface area (Å²) in [6, 6.07) is 3.55. The Morgan fingerprint density at radius 1 is 1.04 bits per heavy atom. The van der Waals surface area contributed by atoms with Gasteiger partial charge >= 0.3 is 6.18 Å². The highest BCUT2D eigenvalue weighted by molar-refractivity contribution is 7.92. The van der Waals surface area contributed by atoms with Crippen molar-refractivity contribution >= 4 is 15.5 Å². The van der Waals surface area contributed by atoms with E-state index in [-0.39, 0.29) is 10.8 Å². The lowest BCUT2D eigenvalue weighted by atomic mass is 9.86. The van der Waals surface area contributed by atoms with E-state index in [2.05, 4.69) is 20.1 Å². The van der Waals surface area contributed by atoms with Gasteiger partial charge in [0.05, 0.1) is 27.7 Å². The van der Waals surface area contributed by atoms with Gasteiger partial charge in [0, 0.05) is 19.3 Å². The summed E-state index contributed by atoms with van der Waals surface area (Å²) in [6.45, 7) is 4.60. The van der Waals surface area contributed by atoms with Gasteiger partial charge in [0.25, 0.3) is 0 Å². The highest BCUT2D eigenvalue weighted by Crippen LogP contribution is 2.39. The molecule has 0 unspecified atom stereocenters. The van der Waals surface area contributed by atoms with Crippen molar-refractivity contribution in [2.45, 2.75) is 42.5 Å². The van der Waals surface area contributed by atoms with E-state index in [0.717, 1.165) is 18.0 Å². The summed E-state index contributed by atoms with van der Waals surface area (Å²) in [5.74, 6) is -0.133. The maximum absolute atomic E-state index is 13.1. The van der Waals surface area contributed by atoms with E-state index in [1.165, 1.54) is 0 Å². The van der Waals surface area contributed by atoms with Crippen LogP contribution < -0.4 is 4.90 Å². The molecule has 28 heavy (non-hydrogen) atoms. The third kappa shape index (κ3) is 3.82. The first-order valence-corrected chi connectivity index (χ1v) is 10.3. The van der Waals surface area contributed by atoms with Crippen molar-refractivity contribution in [3.63, 3.8) is 0 Å². The van der Waals surface area contributed by atoms with E-state index in [1.54, 1.807) is 26.2 Å². The van der Waals surface area contributed by atoms with E-state index in [0.29, 0.717) is 32.0 Å². The number of sulfone groups is 1. The minimum atomic E-state index is -4.60. The third-order valence-corrected chi connectivity index (χ3v) is 8.02. The molecule has 0 bridgehead atoms. The molecule has 1 saturated heterocycles. The number of hydrogen-bond donors (Lipinski definition) is 0. The largest absolute Gasteiger partial charge is 0.433 e. The fourth-order valence-corrected chi connectivity index (χ4v) is 5.25. The van der Waals surface area contributed by atoms with Crippen molar-refractivity contribution in [3.8, 4) is 0 Å². The summed E-state index contributed by atoms with van der Waals surface area (Å²) >= 11 is 0. The Hall–Kier alpha value is -2.23. The minimum Gasteiger partial charge on any atom is -0.370 e. The van der Waals surface area contributed by atoms with E-state index < -0.39 is 26.5 Å². The predicted octanol–water partition coefficient (Wildman–Crippen LogP) is 3.36. The standard InChI is InChI=1S/C18H21F3N4O2S/c1-17(2,13-6-9-25(10-7-13)14-5-8-23-24-11-14)28(26,27)15-3-4-16(22-12-15)18(19,20)21/h3-5,8,11-13H,6-7,9-10H2,1-2H3. The van der Waals surface area contributed by atoms with Gasteiger partial charge in [-0.1, -0.05) is 0 Å². The van der Waals surface area contributed by atoms with Gasteiger partial charge in [-0.05, 0) is 50.8 Å². The second-order valence-corrected chi connectivity index (χ2v) is 9.88. The van der Waals surface area contributed by atoms with Gasteiger partial charge in [-0.25, -0.2) is 8.42 Å². The summed E-state index contributed by atoms with van der Waals surface area (Å²) in [5, 5.41) is 7.61. The average molecular weight is 414 g/mol. The molecule has 3 heterocycles. The number of rotatable bonds is 4. The van der Waals surface area contributed by atoms with Crippen molar-refractivity contribution in [1.29, 1.82) is 0 Å². The van der Waals surface area contributed by atoms with Gasteiger partial charge in [0.2, 0.25) is 0 Å². The summed E-state index contributed by atoms with van der Waals surface area (Å²) in [6.07, 6.45) is 0.749. The smallest absolute Gasteiger partial charge is 0.370 e. The number of anilines is 1. The molecule has 0 atom stereocenters. The molecule has 0 N–H and O–H groups in total. The second kappa shape index (κ2) is 7.31. The van der Waals surface area contributed by atoms with Gasteiger partial charge in [-0.2, -0.15) is 23.4 Å². The Morgan fingerprint density at radius 2 is 1.71 bits per heavy atom. The van der Waals surface area contributed by atoms with Crippen LogP contribution in [0.3, 0.4) is 0 Å². The Labute approximate surface area is 161 Å². The first-order valence-electron chi connectivity index (χ1n) is 8.83. The number of pyridine rings is 1. The zero-order chi connectivity index (χ0) is 20.6. The summed E-state index contributed by atoms with van der Waals surface area (Å²) in [7, 11) is -3.85. The molecule has 3 rings (SSSR count). The number of halogens is 3. The molecule has 2 aromatic heterocycles. The molecule has 0 radical (unpaired) electrons. The van der Waals surface area contributed by atoms with Gasteiger partial charge in [0.1, 0.15) is 5.69 Å². The Balaban J connectivity index is 1.76. The molecule has 0 spiro atoms. The lowest BCUT2D eigenvalue weighted by molar-refractivity contribution is -0.141. The SMILES string of the molecule is CC(C)(C1CCN(c2ccnnc2)CC1)S(=O)(=O)c1ccc(C(F)(F)F)nc1. The molecular weight excluding hydrogens is 393 g/mol. The van der Waals surface area contributed by atoms with E-state index in [1.807, 2.05) is 6.07 Å². The first kappa shape index (κ1) is 20.5. The average Bonchev–Trinajstić information content (AvgIpc) is 2.68. The maximum atomic E-state index is 13.1. The zero-order valence-corrected chi connectivity index (χ0v) is 16.3. The van der Waals surface area contributed by atoms with Crippen LogP contribution in [0.4, 0.5) is 18.9 Å². The van der Waals surface area contributed by atoms with E-state index >= 15 is 0 Å². The van der Waals surface area contributed by atoms with Gasteiger partial charge in [0.15, 0.2) is 9.84 Å². The van der Waals surface area contributed by atoms with E-state index in [4.69, 9.17) is 0 Å². The van der Waals surface area contributed by atoms with Crippen molar-refractivity contribution in [3.05, 3.63) is 42.5 Å². The second-order valence-electron chi connectivity index (χ2n) is 7.35. The molecule has 0 aromatic carbocycles. The monoisotopic (exact) mass is 414 g/mol. The third-order valence-electron chi connectivity index (χ3n) is 5.44. The van der Waals surface area contributed by atoms with Crippen LogP contribution in [0.5, 0.6) is 0 Å². The molecule has 0 aliphatic carbocycles. The molecule has 1 fully saturated rings. The highest BCUT2D eigenvalue weighted by Gasteiger charge is 2.44. The quantitative estimate of drug-likeness (QED) is 0.764. The van der Waals surface area contributed by atoms with Crippen LogP contribution >= 0.6 is 0 Å². The topological polar surface area (TPSA) is 76.1 Å².